The Morgan fingerprint density at radius 1 is 1.42 bits per heavy atom. The standard InChI is InChI=1S/C15H21ClN4O4/c1-15(2,3)24-14(22)20-8-9(7-10(20)12(21)23-4)18-11-5-6-17-13(16)19-11/h5-6,9-10H,7-8H2,1-4H3,(H,17,18,19)/t9-,10-/m0/s1. The van der Waals surface area contributed by atoms with Gasteiger partial charge >= 0.3 is 12.1 Å². The first kappa shape index (κ1) is 18.3. The molecule has 1 amide bonds. The van der Waals surface area contributed by atoms with Crippen LogP contribution in [-0.4, -0.2) is 58.3 Å². The van der Waals surface area contributed by atoms with Gasteiger partial charge in [0.25, 0.3) is 0 Å². The lowest BCUT2D eigenvalue weighted by atomic mass is 10.1. The van der Waals surface area contributed by atoms with Gasteiger partial charge in [-0.3, -0.25) is 4.90 Å². The molecular weight excluding hydrogens is 336 g/mol. The molecule has 24 heavy (non-hydrogen) atoms. The smallest absolute Gasteiger partial charge is 0.411 e. The first-order valence-corrected chi connectivity index (χ1v) is 7.90. The zero-order valence-corrected chi connectivity index (χ0v) is 14.8. The van der Waals surface area contributed by atoms with E-state index in [1.807, 2.05) is 0 Å². The Morgan fingerprint density at radius 3 is 2.71 bits per heavy atom. The van der Waals surface area contributed by atoms with E-state index in [0.29, 0.717) is 12.2 Å². The number of rotatable bonds is 3. The first-order valence-electron chi connectivity index (χ1n) is 7.52. The zero-order chi connectivity index (χ0) is 17.9. The zero-order valence-electron chi connectivity index (χ0n) is 14.1. The van der Waals surface area contributed by atoms with Crippen LogP contribution in [0.4, 0.5) is 10.6 Å². The Labute approximate surface area is 145 Å². The maximum Gasteiger partial charge on any atom is 0.411 e. The molecule has 1 N–H and O–H groups in total. The molecule has 1 saturated heterocycles. The summed E-state index contributed by atoms with van der Waals surface area (Å²) in [6, 6.07) is 0.766. The Hall–Kier alpha value is -2.09. The second-order valence-electron chi connectivity index (χ2n) is 6.46. The average Bonchev–Trinajstić information content (AvgIpc) is 2.88. The third-order valence-electron chi connectivity index (χ3n) is 3.38. The lowest BCUT2D eigenvalue weighted by molar-refractivity contribution is -0.145. The van der Waals surface area contributed by atoms with Crippen molar-refractivity contribution in [3.63, 3.8) is 0 Å². The third-order valence-corrected chi connectivity index (χ3v) is 3.56. The molecule has 0 saturated carbocycles. The van der Waals surface area contributed by atoms with Crippen LogP contribution in [0, 0.1) is 0 Å². The fourth-order valence-electron chi connectivity index (χ4n) is 2.45. The molecule has 1 fully saturated rings. The van der Waals surface area contributed by atoms with Crippen LogP contribution in [-0.2, 0) is 14.3 Å². The quantitative estimate of drug-likeness (QED) is 0.654. The van der Waals surface area contributed by atoms with Crippen LogP contribution >= 0.6 is 11.6 Å². The van der Waals surface area contributed by atoms with Gasteiger partial charge in [0.05, 0.1) is 7.11 Å². The number of carbonyl (C=O) groups excluding carboxylic acids is 2. The molecule has 0 bridgehead atoms. The minimum atomic E-state index is -0.709. The summed E-state index contributed by atoms with van der Waals surface area (Å²) in [5.41, 5.74) is -0.649. The number of esters is 1. The molecule has 0 radical (unpaired) electrons. The van der Waals surface area contributed by atoms with Gasteiger partial charge in [0.1, 0.15) is 17.5 Å². The van der Waals surface area contributed by atoms with Crippen LogP contribution in [0.1, 0.15) is 27.2 Å². The monoisotopic (exact) mass is 356 g/mol. The summed E-state index contributed by atoms with van der Waals surface area (Å²) in [6.07, 6.45) is 1.35. The number of nitrogens with one attached hydrogen (secondary N) is 1. The largest absolute Gasteiger partial charge is 0.467 e. The second kappa shape index (κ2) is 7.21. The highest BCUT2D eigenvalue weighted by atomic mass is 35.5. The predicted octanol–water partition coefficient (Wildman–Crippen LogP) is 2.09. The van der Waals surface area contributed by atoms with E-state index in [2.05, 4.69) is 15.3 Å². The van der Waals surface area contributed by atoms with E-state index in [-0.39, 0.29) is 17.9 Å². The van der Waals surface area contributed by atoms with Gasteiger partial charge in [-0.1, -0.05) is 0 Å². The van der Waals surface area contributed by atoms with Crippen LogP contribution in [0.5, 0.6) is 0 Å². The topological polar surface area (TPSA) is 93.6 Å². The van der Waals surface area contributed by atoms with Crippen LogP contribution in [0.25, 0.3) is 0 Å². The van der Waals surface area contributed by atoms with Gasteiger partial charge in [0.15, 0.2) is 0 Å². The molecule has 1 aromatic heterocycles. The molecule has 2 atom stereocenters. The number of likely N-dealkylation sites (tertiary alicyclic amines) is 1. The Kier molecular flexibility index (Phi) is 5.48. The van der Waals surface area contributed by atoms with E-state index >= 15 is 0 Å². The molecule has 8 nitrogen and oxygen atoms in total. The van der Waals surface area contributed by atoms with Crippen molar-refractivity contribution in [2.45, 2.75) is 44.9 Å². The Morgan fingerprint density at radius 2 is 2.12 bits per heavy atom. The number of amides is 1. The van der Waals surface area contributed by atoms with Crippen LogP contribution in [0.3, 0.4) is 0 Å². The van der Waals surface area contributed by atoms with E-state index < -0.39 is 23.7 Å². The molecule has 0 aromatic carbocycles. The summed E-state index contributed by atoms with van der Waals surface area (Å²) >= 11 is 5.76. The maximum absolute atomic E-state index is 12.4. The minimum Gasteiger partial charge on any atom is -0.467 e. The molecular formula is C15H21ClN4O4. The minimum absolute atomic E-state index is 0.117. The highest BCUT2D eigenvalue weighted by molar-refractivity contribution is 6.28. The predicted molar refractivity (Wildman–Crippen MR) is 87.8 cm³/mol. The van der Waals surface area contributed by atoms with Crippen molar-refractivity contribution in [2.75, 3.05) is 19.0 Å². The van der Waals surface area contributed by atoms with Crippen molar-refractivity contribution in [3.05, 3.63) is 17.5 Å². The van der Waals surface area contributed by atoms with Gasteiger partial charge in [0, 0.05) is 25.2 Å². The van der Waals surface area contributed by atoms with Crippen LogP contribution in [0.15, 0.2) is 12.3 Å². The number of hydrogen-bond acceptors (Lipinski definition) is 7. The molecule has 1 aromatic rings. The van der Waals surface area contributed by atoms with Crippen molar-refractivity contribution in [3.8, 4) is 0 Å². The highest BCUT2D eigenvalue weighted by Crippen LogP contribution is 2.24. The number of methoxy groups -OCH3 is 1. The lowest BCUT2D eigenvalue weighted by Crippen LogP contribution is -2.44. The fraction of sp³-hybridized carbons (Fsp3) is 0.600. The van der Waals surface area contributed by atoms with Gasteiger partial charge in [-0.25, -0.2) is 19.6 Å². The number of ether oxygens (including phenoxy) is 2. The van der Waals surface area contributed by atoms with Gasteiger partial charge in [-0.15, -0.1) is 0 Å². The molecule has 9 heteroatoms. The molecule has 0 unspecified atom stereocenters. The number of aromatic nitrogens is 2. The van der Waals surface area contributed by atoms with Crippen molar-refractivity contribution in [1.29, 1.82) is 0 Å². The summed E-state index contributed by atoms with van der Waals surface area (Å²) in [5.74, 6) is 0.0422. The summed E-state index contributed by atoms with van der Waals surface area (Å²) < 4.78 is 10.2. The first-order chi connectivity index (χ1) is 11.2. The number of halogens is 1. The molecule has 132 valence electrons. The summed E-state index contributed by atoms with van der Waals surface area (Å²) in [5, 5.41) is 3.26. The number of anilines is 1. The van der Waals surface area contributed by atoms with Crippen molar-refractivity contribution in [2.24, 2.45) is 0 Å². The van der Waals surface area contributed by atoms with E-state index in [1.165, 1.54) is 18.2 Å². The SMILES string of the molecule is COC(=O)[C@@H]1C[C@H](Nc2ccnc(Cl)n2)CN1C(=O)OC(C)(C)C. The molecule has 1 aliphatic heterocycles. The number of carbonyl (C=O) groups is 2. The molecule has 0 aliphatic carbocycles. The highest BCUT2D eigenvalue weighted by Gasteiger charge is 2.42. The third kappa shape index (κ3) is 4.70. The molecule has 2 heterocycles. The van der Waals surface area contributed by atoms with Gasteiger partial charge < -0.3 is 14.8 Å². The van der Waals surface area contributed by atoms with Gasteiger partial charge in [-0.05, 0) is 38.4 Å². The maximum atomic E-state index is 12.4. The number of nitrogens with zero attached hydrogens (tertiary/aromatic N) is 3. The normalized spacial score (nSPS) is 20.6. The molecule has 0 spiro atoms. The molecule has 2 rings (SSSR count). The fourth-order valence-corrected chi connectivity index (χ4v) is 2.59. The van der Waals surface area contributed by atoms with E-state index in [4.69, 9.17) is 21.1 Å². The van der Waals surface area contributed by atoms with Crippen molar-refractivity contribution >= 4 is 29.5 Å². The Balaban J connectivity index is 2.11. The molecule has 1 aliphatic rings. The van der Waals surface area contributed by atoms with Crippen molar-refractivity contribution < 1.29 is 19.1 Å². The number of hydrogen-bond donors (Lipinski definition) is 1. The van der Waals surface area contributed by atoms with Gasteiger partial charge in [0.2, 0.25) is 5.28 Å². The van der Waals surface area contributed by atoms with E-state index in [1.54, 1.807) is 26.8 Å². The van der Waals surface area contributed by atoms with Crippen LogP contribution in [0.2, 0.25) is 5.28 Å². The summed E-state index contributed by atoms with van der Waals surface area (Å²) in [6.45, 7) is 5.60. The Bertz CT molecular complexity index is 620. The van der Waals surface area contributed by atoms with Crippen molar-refractivity contribution in [1.82, 2.24) is 14.9 Å². The lowest BCUT2D eigenvalue weighted by Gasteiger charge is -2.27. The van der Waals surface area contributed by atoms with Gasteiger partial charge in [-0.2, -0.15) is 0 Å². The van der Waals surface area contributed by atoms with E-state index in [9.17, 15) is 9.59 Å². The van der Waals surface area contributed by atoms with Crippen LogP contribution < -0.4 is 5.32 Å². The summed E-state index contributed by atoms with van der Waals surface area (Å²) in [4.78, 5) is 33.6. The average molecular weight is 357 g/mol. The summed E-state index contributed by atoms with van der Waals surface area (Å²) in [7, 11) is 1.29. The van der Waals surface area contributed by atoms with E-state index in [0.717, 1.165) is 0 Å². The second-order valence-corrected chi connectivity index (χ2v) is 6.80.